The van der Waals surface area contributed by atoms with Gasteiger partial charge in [0, 0.05) is 0 Å². The van der Waals surface area contributed by atoms with Crippen LogP contribution in [0.25, 0.3) is 0 Å². The summed E-state index contributed by atoms with van der Waals surface area (Å²) in [6.45, 7) is 0. The van der Waals surface area contributed by atoms with Crippen molar-refractivity contribution >= 4 is 23.0 Å². The normalized spacial score (nSPS) is 10.4. The Morgan fingerprint density at radius 1 is 1.06 bits per heavy atom. The zero-order valence-electron chi connectivity index (χ0n) is 9.08. The zero-order valence-corrected chi connectivity index (χ0v) is 9.84. The fourth-order valence-corrected chi connectivity index (χ4v) is 1.53. The van der Waals surface area contributed by atoms with Gasteiger partial charge in [-0.25, -0.2) is 8.78 Å². The first kappa shape index (κ1) is 12.4. The van der Waals surface area contributed by atoms with Crippen LogP contribution in [-0.4, -0.2) is 0 Å². The van der Waals surface area contributed by atoms with Gasteiger partial charge in [-0.1, -0.05) is 23.7 Å². The van der Waals surface area contributed by atoms with E-state index in [0.717, 1.165) is 0 Å². The summed E-state index contributed by atoms with van der Waals surface area (Å²) in [5.74, 6) is -2.05. The molecule has 0 heterocycles. The molecule has 18 heavy (non-hydrogen) atoms. The second-order valence-electron chi connectivity index (χ2n) is 3.54. The van der Waals surface area contributed by atoms with Crippen LogP contribution >= 0.6 is 11.6 Å². The SMILES string of the molecule is Nc1cc(N)c(Oc2ccccc2F)c(F)c1Cl. The molecule has 2 rings (SSSR count). The highest BCUT2D eigenvalue weighted by Gasteiger charge is 2.17. The first-order valence-electron chi connectivity index (χ1n) is 4.96. The van der Waals surface area contributed by atoms with Crippen molar-refractivity contribution in [2.45, 2.75) is 0 Å². The Labute approximate surface area is 107 Å². The summed E-state index contributed by atoms with van der Waals surface area (Å²) in [5.41, 5.74) is 10.9. The minimum absolute atomic E-state index is 0.00690. The first-order chi connectivity index (χ1) is 8.50. The van der Waals surface area contributed by atoms with Crippen molar-refractivity contribution in [3.05, 3.63) is 47.0 Å². The van der Waals surface area contributed by atoms with Gasteiger partial charge in [-0.3, -0.25) is 0 Å². The third-order valence-corrected chi connectivity index (χ3v) is 2.65. The van der Waals surface area contributed by atoms with Crippen LogP contribution in [-0.2, 0) is 0 Å². The van der Waals surface area contributed by atoms with Gasteiger partial charge >= 0.3 is 0 Å². The highest BCUT2D eigenvalue weighted by Crippen LogP contribution is 2.38. The minimum atomic E-state index is -0.919. The molecule has 0 saturated heterocycles. The average molecular weight is 271 g/mol. The van der Waals surface area contributed by atoms with Crippen molar-refractivity contribution in [3.8, 4) is 11.5 Å². The molecule has 3 nitrogen and oxygen atoms in total. The number of nitrogens with two attached hydrogens (primary N) is 2. The van der Waals surface area contributed by atoms with Gasteiger partial charge in [0.15, 0.2) is 23.1 Å². The molecule has 2 aromatic rings. The number of para-hydroxylation sites is 1. The maximum absolute atomic E-state index is 13.8. The van der Waals surface area contributed by atoms with Crippen LogP contribution in [0.3, 0.4) is 0 Å². The van der Waals surface area contributed by atoms with Gasteiger partial charge in [0.25, 0.3) is 0 Å². The molecule has 6 heteroatoms. The number of nitrogen functional groups attached to an aromatic ring is 2. The molecule has 0 radical (unpaired) electrons. The van der Waals surface area contributed by atoms with Crippen molar-refractivity contribution < 1.29 is 13.5 Å². The molecule has 4 N–H and O–H groups in total. The molecule has 0 bridgehead atoms. The third-order valence-electron chi connectivity index (χ3n) is 2.27. The van der Waals surface area contributed by atoms with Gasteiger partial charge in [0.2, 0.25) is 0 Å². The lowest BCUT2D eigenvalue weighted by molar-refractivity contribution is 0.417. The van der Waals surface area contributed by atoms with E-state index in [4.69, 9.17) is 27.8 Å². The maximum Gasteiger partial charge on any atom is 0.188 e. The fraction of sp³-hybridized carbons (Fsp3) is 0. The molecule has 94 valence electrons. The van der Waals surface area contributed by atoms with E-state index in [1.807, 2.05) is 0 Å². The van der Waals surface area contributed by atoms with E-state index in [1.54, 1.807) is 6.07 Å². The molecule has 0 aliphatic carbocycles. The average Bonchev–Trinajstić information content (AvgIpc) is 2.34. The summed E-state index contributed by atoms with van der Waals surface area (Å²) < 4.78 is 32.3. The van der Waals surface area contributed by atoms with Crippen molar-refractivity contribution in [2.24, 2.45) is 0 Å². The summed E-state index contributed by atoms with van der Waals surface area (Å²) >= 11 is 5.63. The molecule has 0 aliphatic heterocycles. The number of hydrogen-bond acceptors (Lipinski definition) is 3. The highest BCUT2D eigenvalue weighted by atomic mass is 35.5. The van der Waals surface area contributed by atoms with Crippen molar-refractivity contribution in [2.75, 3.05) is 11.5 Å². The Morgan fingerprint density at radius 3 is 2.39 bits per heavy atom. The Balaban J connectivity index is 2.47. The summed E-state index contributed by atoms with van der Waals surface area (Å²) in [6, 6.07) is 6.81. The molecule has 0 amide bonds. The summed E-state index contributed by atoms with van der Waals surface area (Å²) in [7, 11) is 0. The zero-order chi connectivity index (χ0) is 13.3. The van der Waals surface area contributed by atoms with Crippen LogP contribution in [0.2, 0.25) is 5.02 Å². The number of halogens is 3. The third kappa shape index (κ3) is 2.17. The predicted octanol–water partition coefficient (Wildman–Crippen LogP) is 3.57. The van der Waals surface area contributed by atoms with Gasteiger partial charge in [0.05, 0.1) is 11.4 Å². The van der Waals surface area contributed by atoms with Crippen LogP contribution in [0.5, 0.6) is 11.5 Å². The largest absolute Gasteiger partial charge is 0.449 e. The summed E-state index contributed by atoms with van der Waals surface area (Å²) in [6.07, 6.45) is 0. The molecule has 0 spiro atoms. The molecule has 0 aromatic heterocycles. The predicted molar refractivity (Wildman–Crippen MR) is 66.7 cm³/mol. The smallest absolute Gasteiger partial charge is 0.188 e. The fourth-order valence-electron chi connectivity index (χ4n) is 1.39. The maximum atomic E-state index is 13.8. The van der Waals surface area contributed by atoms with E-state index in [1.165, 1.54) is 24.3 Å². The molecule has 0 unspecified atom stereocenters. The lowest BCUT2D eigenvalue weighted by Gasteiger charge is -2.12. The van der Waals surface area contributed by atoms with Crippen LogP contribution in [0.15, 0.2) is 30.3 Å². The number of hydrogen-bond donors (Lipinski definition) is 2. The number of anilines is 2. The Hall–Kier alpha value is -2.01. The molecule has 2 aromatic carbocycles. The van der Waals surface area contributed by atoms with Crippen molar-refractivity contribution in [3.63, 3.8) is 0 Å². The van der Waals surface area contributed by atoms with Crippen molar-refractivity contribution in [1.82, 2.24) is 0 Å². The van der Waals surface area contributed by atoms with Gasteiger partial charge in [-0.15, -0.1) is 0 Å². The first-order valence-corrected chi connectivity index (χ1v) is 5.34. The number of ether oxygens (including phenoxy) is 1. The van der Waals surface area contributed by atoms with Gasteiger partial charge < -0.3 is 16.2 Å². The van der Waals surface area contributed by atoms with Crippen LogP contribution in [0.1, 0.15) is 0 Å². The standard InChI is InChI=1S/C12H9ClF2N2O/c13-10-7(16)5-8(17)12(11(10)15)18-9-4-2-1-3-6(9)14/h1-5H,16-17H2. The number of benzene rings is 2. The van der Waals surface area contributed by atoms with E-state index in [-0.39, 0.29) is 27.9 Å². The molecule has 0 fully saturated rings. The Bertz CT molecular complexity index is 605. The van der Waals surface area contributed by atoms with E-state index in [0.29, 0.717) is 0 Å². The Kier molecular flexibility index (Phi) is 3.25. The lowest BCUT2D eigenvalue weighted by Crippen LogP contribution is -2.00. The summed E-state index contributed by atoms with van der Waals surface area (Å²) in [4.78, 5) is 0. The molecule has 0 aliphatic rings. The monoisotopic (exact) mass is 270 g/mol. The number of rotatable bonds is 2. The minimum Gasteiger partial charge on any atom is -0.449 e. The molecule has 0 saturated carbocycles. The van der Waals surface area contributed by atoms with E-state index < -0.39 is 11.6 Å². The van der Waals surface area contributed by atoms with E-state index in [2.05, 4.69) is 0 Å². The van der Waals surface area contributed by atoms with Crippen LogP contribution in [0, 0.1) is 11.6 Å². The van der Waals surface area contributed by atoms with Gasteiger partial charge in [-0.2, -0.15) is 0 Å². The van der Waals surface area contributed by atoms with Gasteiger partial charge in [0.1, 0.15) is 5.02 Å². The quantitative estimate of drug-likeness (QED) is 0.820. The topological polar surface area (TPSA) is 61.3 Å². The van der Waals surface area contributed by atoms with E-state index >= 15 is 0 Å². The lowest BCUT2D eigenvalue weighted by atomic mass is 10.2. The molecular weight excluding hydrogens is 262 g/mol. The van der Waals surface area contributed by atoms with Crippen LogP contribution in [0.4, 0.5) is 20.2 Å². The summed E-state index contributed by atoms with van der Waals surface area (Å²) in [5, 5.41) is -0.310. The highest BCUT2D eigenvalue weighted by molar-refractivity contribution is 6.33. The molecular formula is C12H9ClF2N2O. The van der Waals surface area contributed by atoms with Crippen molar-refractivity contribution in [1.29, 1.82) is 0 Å². The second-order valence-corrected chi connectivity index (χ2v) is 3.92. The molecule has 0 atom stereocenters. The van der Waals surface area contributed by atoms with E-state index in [9.17, 15) is 8.78 Å². The van der Waals surface area contributed by atoms with Crippen LogP contribution < -0.4 is 16.2 Å². The van der Waals surface area contributed by atoms with Gasteiger partial charge in [-0.05, 0) is 18.2 Å². The Morgan fingerprint density at radius 2 is 1.72 bits per heavy atom. The second kappa shape index (κ2) is 4.70.